The van der Waals surface area contributed by atoms with Crippen molar-refractivity contribution >= 4 is 32.6 Å². The van der Waals surface area contributed by atoms with Gasteiger partial charge in [-0.3, -0.25) is 9.69 Å². The molecule has 0 unspecified atom stereocenters. The lowest BCUT2D eigenvalue weighted by atomic mass is 10.2. The van der Waals surface area contributed by atoms with E-state index < -0.39 is 0 Å². The first-order chi connectivity index (χ1) is 12.1. The Labute approximate surface area is 150 Å². The molecule has 2 aromatic carbocycles. The first-order valence-corrected chi connectivity index (χ1v) is 8.87. The first kappa shape index (κ1) is 17.2. The number of benzene rings is 2. The van der Waals surface area contributed by atoms with Crippen molar-refractivity contribution in [2.24, 2.45) is 0 Å². The van der Waals surface area contributed by atoms with Gasteiger partial charge in [0.1, 0.15) is 11.5 Å². The van der Waals surface area contributed by atoms with Gasteiger partial charge >= 0.3 is 0 Å². The largest absolute Gasteiger partial charge is 0.497 e. The molecule has 3 rings (SSSR count). The van der Waals surface area contributed by atoms with Crippen LogP contribution >= 0.6 is 11.3 Å². The van der Waals surface area contributed by atoms with Crippen molar-refractivity contribution in [1.82, 2.24) is 4.98 Å². The minimum Gasteiger partial charge on any atom is -0.497 e. The molecule has 0 N–H and O–H groups in total. The Kier molecular flexibility index (Phi) is 5.19. The number of carbonyl (C=O) groups excluding carboxylic acids is 1. The fraction of sp³-hybridized carbons (Fsp3) is 0.263. The van der Waals surface area contributed by atoms with E-state index in [1.807, 2.05) is 32.0 Å². The Hall–Kier alpha value is -2.60. The van der Waals surface area contributed by atoms with Gasteiger partial charge < -0.3 is 9.47 Å². The SMILES string of the molecule is CCN(C(=O)COc1ccc(OC)cc1)c1nc2c(C)cccc2s1. The van der Waals surface area contributed by atoms with Crippen LogP contribution in [0.3, 0.4) is 0 Å². The third-order valence-electron chi connectivity index (χ3n) is 3.88. The lowest BCUT2D eigenvalue weighted by molar-refractivity contribution is -0.120. The molecule has 1 amide bonds. The van der Waals surface area contributed by atoms with E-state index in [0.29, 0.717) is 17.4 Å². The highest BCUT2D eigenvalue weighted by Crippen LogP contribution is 2.30. The number of aryl methyl sites for hydroxylation is 1. The molecule has 0 saturated heterocycles. The van der Waals surface area contributed by atoms with Crippen LogP contribution in [-0.2, 0) is 4.79 Å². The molecule has 3 aromatic rings. The lowest BCUT2D eigenvalue weighted by Crippen LogP contribution is -2.34. The van der Waals surface area contributed by atoms with E-state index in [0.717, 1.165) is 21.5 Å². The number of thiazole rings is 1. The molecule has 0 atom stereocenters. The van der Waals surface area contributed by atoms with Gasteiger partial charge in [0, 0.05) is 6.54 Å². The van der Waals surface area contributed by atoms with Gasteiger partial charge in [-0.2, -0.15) is 0 Å². The third-order valence-corrected chi connectivity index (χ3v) is 4.92. The van der Waals surface area contributed by atoms with Crippen molar-refractivity contribution in [2.45, 2.75) is 13.8 Å². The molecule has 0 bridgehead atoms. The van der Waals surface area contributed by atoms with E-state index in [4.69, 9.17) is 9.47 Å². The summed E-state index contributed by atoms with van der Waals surface area (Å²) in [6, 6.07) is 13.2. The Morgan fingerprint density at radius 2 is 1.88 bits per heavy atom. The third kappa shape index (κ3) is 3.74. The molecular weight excluding hydrogens is 336 g/mol. The summed E-state index contributed by atoms with van der Waals surface area (Å²) in [6.07, 6.45) is 0. The maximum absolute atomic E-state index is 12.6. The molecule has 0 fully saturated rings. The summed E-state index contributed by atoms with van der Waals surface area (Å²) in [5.41, 5.74) is 2.06. The van der Waals surface area contributed by atoms with E-state index in [9.17, 15) is 4.79 Å². The van der Waals surface area contributed by atoms with E-state index in [1.54, 1.807) is 36.3 Å². The molecule has 0 aliphatic heterocycles. The van der Waals surface area contributed by atoms with Crippen molar-refractivity contribution in [1.29, 1.82) is 0 Å². The second-order valence-corrected chi connectivity index (χ2v) is 6.53. The zero-order valence-corrected chi connectivity index (χ0v) is 15.3. The highest BCUT2D eigenvalue weighted by Gasteiger charge is 2.19. The minimum absolute atomic E-state index is 0.0327. The molecule has 0 spiro atoms. The van der Waals surface area contributed by atoms with E-state index in [2.05, 4.69) is 4.98 Å². The Balaban J connectivity index is 1.72. The molecule has 1 aromatic heterocycles. The highest BCUT2D eigenvalue weighted by molar-refractivity contribution is 7.22. The zero-order valence-electron chi connectivity index (χ0n) is 14.5. The van der Waals surface area contributed by atoms with Crippen LogP contribution in [0.1, 0.15) is 12.5 Å². The number of hydrogen-bond acceptors (Lipinski definition) is 5. The summed E-state index contributed by atoms with van der Waals surface area (Å²) < 4.78 is 11.8. The maximum atomic E-state index is 12.6. The average molecular weight is 356 g/mol. The quantitative estimate of drug-likeness (QED) is 0.669. The van der Waals surface area contributed by atoms with Gasteiger partial charge in [-0.15, -0.1) is 0 Å². The second-order valence-electron chi connectivity index (χ2n) is 5.52. The number of aromatic nitrogens is 1. The fourth-order valence-corrected chi connectivity index (χ4v) is 3.63. The van der Waals surface area contributed by atoms with Crippen molar-refractivity contribution < 1.29 is 14.3 Å². The van der Waals surface area contributed by atoms with Gasteiger partial charge in [0.25, 0.3) is 5.91 Å². The number of fused-ring (bicyclic) bond motifs is 1. The first-order valence-electron chi connectivity index (χ1n) is 8.05. The number of carbonyl (C=O) groups is 1. The monoisotopic (exact) mass is 356 g/mol. The number of nitrogens with zero attached hydrogens (tertiary/aromatic N) is 2. The predicted molar refractivity (Wildman–Crippen MR) is 101 cm³/mol. The van der Waals surface area contributed by atoms with E-state index >= 15 is 0 Å². The number of amides is 1. The van der Waals surface area contributed by atoms with Gasteiger partial charge in [-0.1, -0.05) is 23.5 Å². The van der Waals surface area contributed by atoms with Gasteiger partial charge in [0.05, 0.1) is 17.3 Å². The summed E-state index contributed by atoms with van der Waals surface area (Å²) >= 11 is 1.52. The summed E-state index contributed by atoms with van der Waals surface area (Å²) in [5, 5.41) is 0.704. The molecule has 0 aliphatic carbocycles. The summed E-state index contributed by atoms with van der Waals surface area (Å²) in [4.78, 5) is 18.9. The van der Waals surface area contributed by atoms with Crippen LogP contribution in [0.15, 0.2) is 42.5 Å². The van der Waals surface area contributed by atoms with Gasteiger partial charge in [-0.05, 0) is 49.7 Å². The molecular formula is C19H20N2O3S. The van der Waals surface area contributed by atoms with Gasteiger partial charge in [0.2, 0.25) is 0 Å². The number of ether oxygens (including phenoxy) is 2. The number of likely N-dealkylation sites (N-methyl/N-ethyl adjacent to an activating group) is 1. The standard InChI is InChI=1S/C19H20N2O3S/c1-4-21(19-20-18-13(2)6-5-7-16(18)25-19)17(22)12-24-15-10-8-14(23-3)9-11-15/h5-11H,4,12H2,1-3H3. The highest BCUT2D eigenvalue weighted by atomic mass is 32.1. The average Bonchev–Trinajstić information content (AvgIpc) is 3.06. The fourth-order valence-electron chi connectivity index (χ4n) is 2.50. The van der Waals surface area contributed by atoms with Crippen LogP contribution in [0, 0.1) is 6.92 Å². The Bertz CT molecular complexity index is 874. The molecule has 6 heteroatoms. The van der Waals surface area contributed by atoms with Crippen LogP contribution in [0.5, 0.6) is 11.5 Å². The van der Waals surface area contributed by atoms with E-state index in [1.165, 1.54) is 11.3 Å². The maximum Gasteiger partial charge on any atom is 0.266 e. The summed E-state index contributed by atoms with van der Waals surface area (Å²) in [7, 11) is 1.61. The molecule has 130 valence electrons. The lowest BCUT2D eigenvalue weighted by Gasteiger charge is -2.17. The number of para-hydroxylation sites is 1. The Morgan fingerprint density at radius 1 is 1.16 bits per heavy atom. The van der Waals surface area contributed by atoms with Crippen molar-refractivity contribution in [3.05, 3.63) is 48.0 Å². The van der Waals surface area contributed by atoms with Gasteiger partial charge in [-0.25, -0.2) is 4.98 Å². The minimum atomic E-state index is -0.116. The molecule has 0 saturated carbocycles. The van der Waals surface area contributed by atoms with Crippen LogP contribution in [0.4, 0.5) is 5.13 Å². The molecule has 25 heavy (non-hydrogen) atoms. The number of anilines is 1. The van der Waals surface area contributed by atoms with Crippen LogP contribution in [-0.4, -0.2) is 31.2 Å². The summed E-state index contributed by atoms with van der Waals surface area (Å²) in [5.74, 6) is 1.26. The molecule has 5 nitrogen and oxygen atoms in total. The molecule has 0 aliphatic rings. The van der Waals surface area contributed by atoms with Crippen molar-refractivity contribution in [3.8, 4) is 11.5 Å². The number of rotatable bonds is 6. The topological polar surface area (TPSA) is 51.7 Å². The molecule has 1 heterocycles. The number of methoxy groups -OCH3 is 1. The van der Waals surface area contributed by atoms with Crippen LogP contribution in [0.25, 0.3) is 10.2 Å². The van der Waals surface area contributed by atoms with Crippen LogP contribution in [0.2, 0.25) is 0 Å². The smallest absolute Gasteiger partial charge is 0.266 e. The van der Waals surface area contributed by atoms with Crippen molar-refractivity contribution in [3.63, 3.8) is 0 Å². The van der Waals surface area contributed by atoms with Crippen molar-refractivity contribution in [2.75, 3.05) is 25.2 Å². The van der Waals surface area contributed by atoms with Gasteiger partial charge in [0.15, 0.2) is 11.7 Å². The summed E-state index contributed by atoms with van der Waals surface area (Å²) in [6.45, 7) is 4.47. The molecule has 0 radical (unpaired) electrons. The predicted octanol–water partition coefficient (Wildman–Crippen LogP) is 4.05. The normalized spacial score (nSPS) is 10.7. The second kappa shape index (κ2) is 7.53. The Morgan fingerprint density at radius 3 is 2.52 bits per heavy atom. The van der Waals surface area contributed by atoms with Crippen LogP contribution < -0.4 is 14.4 Å². The number of hydrogen-bond donors (Lipinski definition) is 0. The van der Waals surface area contributed by atoms with E-state index in [-0.39, 0.29) is 12.5 Å². The zero-order chi connectivity index (χ0) is 17.8.